The Morgan fingerprint density at radius 1 is 1.00 bits per heavy atom. The summed E-state index contributed by atoms with van der Waals surface area (Å²) in [6.07, 6.45) is 4.41. The van der Waals surface area contributed by atoms with Gasteiger partial charge in [-0.05, 0) is 55.8 Å². The fourth-order valence-electron chi connectivity index (χ4n) is 3.58. The summed E-state index contributed by atoms with van der Waals surface area (Å²) in [5.41, 5.74) is 8.16. The standard InChI is InChI=1S/C23H22F2N4O.C2H6/c24-14-5-7-17-19(13-28-20(17)10-14)22-12-18(23(30)27-9-3-1-2-8-26)16-6-4-15(25)11-21(16)29-22;1-2/h4-7,10-13,28H,1-3,8-9,26H2,(H,27,30);1-2H3. The highest BCUT2D eigenvalue weighted by molar-refractivity contribution is 6.08. The number of rotatable bonds is 7. The lowest BCUT2D eigenvalue weighted by atomic mass is 10.0. The Morgan fingerprint density at radius 3 is 2.47 bits per heavy atom. The number of nitrogens with one attached hydrogen (secondary N) is 2. The maximum Gasteiger partial charge on any atom is 0.252 e. The van der Waals surface area contributed by atoms with Crippen molar-refractivity contribution >= 4 is 27.7 Å². The van der Waals surface area contributed by atoms with Crippen molar-refractivity contribution in [2.45, 2.75) is 33.1 Å². The van der Waals surface area contributed by atoms with E-state index in [0.29, 0.717) is 46.3 Å². The first-order valence-electron chi connectivity index (χ1n) is 10.9. The van der Waals surface area contributed by atoms with Crippen LogP contribution in [0.15, 0.2) is 48.7 Å². The number of aromatic nitrogens is 2. The van der Waals surface area contributed by atoms with Crippen LogP contribution in [0.1, 0.15) is 43.5 Å². The number of aromatic amines is 1. The lowest BCUT2D eigenvalue weighted by molar-refractivity contribution is 0.0954. The Bertz CT molecular complexity index is 1220. The summed E-state index contributed by atoms with van der Waals surface area (Å²) in [4.78, 5) is 20.5. The zero-order valence-electron chi connectivity index (χ0n) is 18.3. The van der Waals surface area contributed by atoms with Gasteiger partial charge < -0.3 is 16.0 Å². The second-order valence-electron chi connectivity index (χ2n) is 7.21. The van der Waals surface area contributed by atoms with Crippen LogP contribution in [0.5, 0.6) is 0 Å². The zero-order chi connectivity index (χ0) is 23.1. The van der Waals surface area contributed by atoms with Gasteiger partial charge in [0.2, 0.25) is 0 Å². The number of halogens is 2. The molecule has 0 spiro atoms. The van der Waals surface area contributed by atoms with Gasteiger partial charge in [-0.25, -0.2) is 13.8 Å². The van der Waals surface area contributed by atoms with E-state index in [0.717, 1.165) is 24.6 Å². The summed E-state index contributed by atoms with van der Waals surface area (Å²) < 4.78 is 27.4. The number of nitrogens with two attached hydrogens (primary N) is 1. The third kappa shape index (κ3) is 5.11. The van der Waals surface area contributed by atoms with Crippen molar-refractivity contribution in [1.29, 1.82) is 0 Å². The molecule has 0 aliphatic carbocycles. The number of hydrogen-bond acceptors (Lipinski definition) is 3. The van der Waals surface area contributed by atoms with Gasteiger partial charge in [0.05, 0.1) is 16.8 Å². The van der Waals surface area contributed by atoms with Crippen molar-refractivity contribution < 1.29 is 13.6 Å². The number of carbonyl (C=O) groups excluding carboxylic acids is 1. The average molecular weight is 439 g/mol. The Labute approximate surface area is 186 Å². The quantitative estimate of drug-likeness (QED) is 0.331. The molecule has 0 bridgehead atoms. The molecule has 0 radical (unpaired) electrons. The summed E-state index contributed by atoms with van der Waals surface area (Å²) in [6.45, 7) is 5.16. The molecule has 0 fully saturated rings. The monoisotopic (exact) mass is 438 g/mol. The number of unbranched alkanes of at least 4 members (excludes halogenated alkanes) is 2. The zero-order valence-corrected chi connectivity index (χ0v) is 18.3. The fraction of sp³-hybridized carbons (Fsp3) is 0.280. The van der Waals surface area contributed by atoms with Gasteiger partial charge in [-0.3, -0.25) is 4.79 Å². The molecule has 2 heterocycles. The van der Waals surface area contributed by atoms with Crippen molar-refractivity contribution in [3.63, 3.8) is 0 Å². The van der Waals surface area contributed by atoms with Gasteiger partial charge in [-0.2, -0.15) is 0 Å². The van der Waals surface area contributed by atoms with Crippen molar-refractivity contribution in [1.82, 2.24) is 15.3 Å². The van der Waals surface area contributed by atoms with E-state index in [4.69, 9.17) is 5.73 Å². The molecule has 0 unspecified atom stereocenters. The van der Waals surface area contributed by atoms with Crippen LogP contribution in [0.25, 0.3) is 33.1 Å². The predicted molar refractivity (Wildman–Crippen MR) is 126 cm³/mol. The number of nitrogens with zero attached hydrogens (tertiary/aromatic N) is 1. The smallest absolute Gasteiger partial charge is 0.252 e. The first kappa shape index (κ1) is 23.3. The van der Waals surface area contributed by atoms with Gasteiger partial charge in [0.1, 0.15) is 11.6 Å². The van der Waals surface area contributed by atoms with Crippen molar-refractivity contribution in [3.8, 4) is 11.3 Å². The average Bonchev–Trinajstić information content (AvgIpc) is 3.22. The molecular formula is C25H28F2N4O. The molecule has 5 nitrogen and oxygen atoms in total. The van der Waals surface area contributed by atoms with Crippen LogP contribution in [-0.2, 0) is 0 Å². The molecule has 2 aromatic heterocycles. The molecule has 0 aliphatic heterocycles. The van der Waals surface area contributed by atoms with E-state index >= 15 is 0 Å². The van der Waals surface area contributed by atoms with Crippen LogP contribution in [0.4, 0.5) is 8.78 Å². The summed E-state index contributed by atoms with van der Waals surface area (Å²) in [7, 11) is 0. The van der Waals surface area contributed by atoms with Gasteiger partial charge in [0.25, 0.3) is 5.91 Å². The lowest BCUT2D eigenvalue weighted by Gasteiger charge is -2.11. The van der Waals surface area contributed by atoms with Crippen LogP contribution in [-0.4, -0.2) is 29.0 Å². The molecule has 7 heteroatoms. The number of benzene rings is 2. The van der Waals surface area contributed by atoms with Crippen LogP contribution < -0.4 is 11.1 Å². The molecule has 0 atom stereocenters. The minimum atomic E-state index is -0.429. The van der Waals surface area contributed by atoms with E-state index in [9.17, 15) is 13.6 Å². The van der Waals surface area contributed by atoms with Gasteiger partial charge in [-0.15, -0.1) is 0 Å². The number of H-pyrrole nitrogens is 1. The van der Waals surface area contributed by atoms with E-state index in [1.165, 1.54) is 24.3 Å². The minimum absolute atomic E-state index is 0.242. The highest BCUT2D eigenvalue weighted by Gasteiger charge is 2.16. The molecule has 4 aromatic rings. The van der Waals surface area contributed by atoms with E-state index in [1.54, 1.807) is 24.4 Å². The molecule has 4 rings (SSSR count). The Morgan fingerprint density at radius 2 is 1.72 bits per heavy atom. The Balaban J connectivity index is 0.00000141. The predicted octanol–water partition coefficient (Wildman–Crippen LogP) is 5.55. The second-order valence-corrected chi connectivity index (χ2v) is 7.21. The highest BCUT2D eigenvalue weighted by Crippen LogP contribution is 2.31. The van der Waals surface area contributed by atoms with Crippen molar-refractivity contribution in [2.24, 2.45) is 5.73 Å². The normalized spacial score (nSPS) is 10.8. The number of carbonyl (C=O) groups is 1. The Hall–Kier alpha value is -3.32. The molecule has 32 heavy (non-hydrogen) atoms. The van der Waals surface area contributed by atoms with Crippen LogP contribution in [0.2, 0.25) is 0 Å². The summed E-state index contributed by atoms with van der Waals surface area (Å²) in [6, 6.07) is 10.3. The molecule has 168 valence electrons. The van der Waals surface area contributed by atoms with Crippen LogP contribution in [0, 0.1) is 11.6 Å². The molecule has 0 saturated heterocycles. The Kier molecular flexibility index (Phi) is 7.89. The van der Waals surface area contributed by atoms with E-state index < -0.39 is 5.82 Å². The highest BCUT2D eigenvalue weighted by atomic mass is 19.1. The van der Waals surface area contributed by atoms with E-state index in [-0.39, 0.29) is 11.7 Å². The van der Waals surface area contributed by atoms with Crippen molar-refractivity contribution in [3.05, 3.63) is 65.9 Å². The maximum atomic E-state index is 13.9. The fourth-order valence-corrected chi connectivity index (χ4v) is 3.58. The second kappa shape index (κ2) is 10.8. The van der Waals surface area contributed by atoms with Gasteiger partial charge in [-0.1, -0.05) is 20.3 Å². The molecule has 0 aliphatic rings. The molecular weight excluding hydrogens is 410 g/mol. The first-order chi connectivity index (χ1) is 15.6. The first-order valence-corrected chi connectivity index (χ1v) is 10.9. The molecule has 2 aromatic carbocycles. The van der Waals surface area contributed by atoms with Crippen LogP contribution in [0.3, 0.4) is 0 Å². The SMILES string of the molecule is CC.NCCCCCNC(=O)c1cc(-c2c[nH]c3cc(F)ccc23)nc2cc(F)ccc12. The summed E-state index contributed by atoms with van der Waals surface area (Å²) in [5, 5.41) is 4.27. The lowest BCUT2D eigenvalue weighted by Crippen LogP contribution is -2.25. The minimum Gasteiger partial charge on any atom is -0.360 e. The van der Waals surface area contributed by atoms with Gasteiger partial charge in [0.15, 0.2) is 0 Å². The third-order valence-electron chi connectivity index (χ3n) is 5.10. The summed E-state index contributed by atoms with van der Waals surface area (Å²) in [5.74, 6) is -1.02. The third-order valence-corrected chi connectivity index (χ3v) is 5.10. The van der Waals surface area contributed by atoms with Crippen molar-refractivity contribution in [2.75, 3.05) is 13.1 Å². The number of hydrogen-bond donors (Lipinski definition) is 3. The topological polar surface area (TPSA) is 83.8 Å². The van der Waals surface area contributed by atoms with Gasteiger partial charge >= 0.3 is 0 Å². The number of fused-ring (bicyclic) bond motifs is 2. The van der Waals surface area contributed by atoms with Crippen LogP contribution >= 0.6 is 0 Å². The van der Waals surface area contributed by atoms with E-state index in [1.807, 2.05) is 13.8 Å². The van der Waals surface area contributed by atoms with E-state index in [2.05, 4.69) is 15.3 Å². The summed E-state index contributed by atoms with van der Waals surface area (Å²) >= 11 is 0. The maximum absolute atomic E-state index is 13.9. The molecule has 0 saturated carbocycles. The molecule has 1 amide bonds. The number of pyridine rings is 1. The largest absolute Gasteiger partial charge is 0.360 e. The number of amides is 1. The molecule has 4 N–H and O–H groups in total. The van der Waals surface area contributed by atoms with Gasteiger partial charge in [0, 0.05) is 40.7 Å².